The summed E-state index contributed by atoms with van der Waals surface area (Å²) in [5.41, 5.74) is 5.65. The largest absolute Gasteiger partial charge is 0.366 e. The van der Waals surface area contributed by atoms with E-state index in [1.54, 1.807) is 18.2 Å². The minimum atomic E-state index is -0.386. The van der Waals surface area contributed by atoms with Gasteiger partial charge in [-0.1, -0.05) is 6.07 Å². The Labute approximate surface area is 87.5 Å². The van der Waals surface area contributed by atoms with Crippen molar-refractivity contribution in [2.75, 3.05) is 5.73 Å². The molecule has 0 saturated heterocycles. The van der Waals surface area contributed by atoms with Crippen molar-refractivity contribution < 1.29 is 4.39 Å². The number of H-pyrrole nitrogens is 1. The highest BCUT2D eigenvalue weighted by Gasteiger charge is 2.11. The zero-order valence-electron chi connectivity index (χ0n) is 6.96. The molecular formula is C8H6BrFN4. The lowest BCUT2D eigenvalue weighted by Gasteiger charge is -1.99. The first-order valence-electron chi connectivity index (χ1n) is 3.81. The molecular weight excluding hydrogens is 251 g/mol. The lowest BCUT2D eigenvalue weighted by atomic mass is 10.2. The zero-order chi connectivity index (χ0) is 10.1. The van der Waals surface area contributed by atoms with Gasteiger partial charge in [0, 0.05) is 0 Å². The molecule has 6 heteroatoms. The number of benzene rings is 1. The number of hydrogen-bond donors (Lipinski definition) is 2. The SMILES string of the molecule is Nc1n[nH]c(-c2cccc(Br)c2F)n1. The third-order valence-corrected chi connectivity index (χ3v) is 2.32. The van der Waals surface area contributed by atoms with E-state index >= 15 is 0 Å². The lowest BCUT2D eigenvalue weighted by Crippen LogP contribution is -1.88. The van der Waals surface area contributed by atoms with Gasteiger partial charge in [-0.25, -0.2) is 4.39 Å². The Morgan fingerprint density at radius 3 is 2.86 bits per heavy atom. The molecule has 0 aliphatic rings. The molecule has 0 aliphatic heterocycles. The molecule has 72 valence electrons. The Balaban J connectivity index is 2.57. The van der Waals surface area contributed by atoms with Crippen LogP contribution >= 0.6 is 15.9 Å². The molecule has 1 aromatic heterocycles. The fourth-order valence-electron chi connectivity index (χ4n) is 1.08. The van der Waals surface area contributed by atoms with Gasteiger partial charge in [-0.05, 0) is 28.1 Å². The molecule has 0 unspecified atom stereocenters. The summed E-state index contributed by atoms with van der Waals surface area (Å²) < 4.78 is 13.9. The molecule has 4 nitrogen and oxygen atoms in total. The number of halogens is 2. The third kappa shape index (κ3) is 1.48. The third-order valence-electron chi connectivity index (χ3n) is 1.71. The number of nitrogen functional groups attached to an aromatic ring is 1. The Morgan fingerprint density at radius 1 is 1.43 bits per heavy atom. The average Bonchev–Trinajstić information content (AvgIpc) is 2.57. The molecule has 14 heavy (non-hydrogen) atoms. The minimum absolute atomic E-state index is 0.0966. The number of aromatic nitrogens is 3. The van der Waals surface area contributed by atoms with Gasteiger partial charge in [0.15, 0.2) is 5.82 Å². The van der Waals surface area contributed by atoms with Crippen LogP contribution in [0.3, 0.4) is 0 Å². The van der Waals surface area contributed by atoms with Crippen molar-refractivity contribution in [3.63, 3.8) is 0 Å². The van der Waals surface area contributed by atoms with Gasteiger partial charge in [0.25, 0.3) is 0 Å². The van der Waals surface area contributed by atoms with E-state index in [1.165, 1.54) is 0 Å². The molecule has 1 aromatic carbocycles. The Hall–Kier alpha value is -1.43. The second kappa shape index (κ2) is 3.38. The Morgan fingerprint density at radius 2 is 2.21 bits per heavy atom. The molecule has 3 N–H and O–H groups in total. The molecule has 0 bridgehead atoms. The number of nitrogens with two attached hydrogens (primary N) is 1. The first-order valence-corrected chi connectivity index (χ1v) is 4.60. The number of anilines is 1. The average molecular weight is 257 g/mol. The van der Waals surface area contributed by atoms with Gasteiger partial charge in [0.2, 0.25) is 5.95 Å². The normalized spacial score (nSPS) is 10.4. The highest BCUT2D eigenvalue weighted by Crippen LogP contribution is 2.25. The van der Waals surface area contributed by atoms with Gasteiger partial charge in [-0.15, -0.1) is 5.10 Å². The maximum atomic E-state index is 13.5. The lowest BCUT2D eigenvalue weighted by molar-refractivity contribution is 0.623. The first-order chi connectivity index (χ1) is 6.68. The molecule has 2 rings (SSSR count). The van der Waals surface area contributed by atoms with Crippen molar-refractivity contribution in [3.05, 3.63) is 28.5 Å². The van der Waals surface area contributed by atoms with Crippen LogP contribution < -0.4 is 5.73 Å². The molecule has 0 radical (unpaired) electrons. The van der Waals surface area contributed by atoms with Crippen molar-refractivity contribution in [2.24, 2.45) is 0 Å². The second-order valence-electron chi connectivity index (χ2n) is 2.64. The zero-order valence-corrected chi connectivity index (χ0v) is 8.55. The van der Waals surface area contributed by atoms with Crippen LogP contribution in [0, 0.1) is 5.82 Å². The number of nitrogens with zero attached hydrogens (tertiary/aromatic N) is 2. The van der Waals surface area contributed by atoms with Crippen LogP contribution in [0.2, 0.25) is 0 Å². The minimum Gasteiger partial charge on any atom is -0.366 e. The van der Waals surface area contributed by atoms with E-state index in [0.29, 0.717) is 15.9 Å². The molecule has 1 heterocycles. The number of hydrogen-bond acceptors (Lipinski definition) is 3. The summed E-state index contributed by atoms with van der Waals surface area (Å²) in [5, 5.41) is 6.17. The maximum absolute atomic E-state index is 13.5. The standard InChI is InChI=1S/C8H6BrFN4/c9-5-3-1-2-4(6(5)10)7-12-8(11)14-13-7/h1-3H,(H3,11,12,13,14). The Kier molecular flexibility index (Phi) is 2.20. The van der Waals surface area contributed by atoms with Gasteiger partial charge >= 0.3 is 0 Å². The van der Waals surface area contributed by atoms with E-state index in [9.17, 15) is 4.39 Å². The van der Waals surface area contributed by atoms with Crippen LogP contribution in [0.15, 0.2) is 22.7 Å². The van der Waals surface area contributed by atoms with Crippen LogP contribution in [-0.2, 0) is 0 Å². The van der Waals surface area contributed by atoms with E-state index in [1.807, 2.05) is 0 Å². The molecule has 2 aromatic rings. The monoisotopic (exact) mass is 256 g/mol. The van der Waals surface area contributed by atoms with Crippen molar-refractivity contribution >= 4 is 21.9 Å². The smallest absolute Gasteiger partial charge is 0.239 e. The predicted molar refractivity (Wildman–Crippen MR) is 53.9 cm³/mol. The summed E-state index contributed by atoms with van der Waals surface area (Å²) in [4.78, 5) is 3.83. The fourth-order valence-corrected chi connectivity index (χ4v) is 1.45. The van der Waals surface area contributed by atoms with Crippen LogP contribution in [0.4, 0.5) is 10.3 Å². The van der Waals surface area contributed by atoms with Crippen LogP contribution in [-0.4, -0.2) is 15.2 Å². The maximum Gasteiger partial charge on any atom is 0.239 e. The van der Waals surface area contributed by atoms with E-state index in [0.717, 1.165) is 0 Å². The Bertz CT molecular complexity index is 468. The van der Waals surface area contributed by atoms with Gasteiger partial charge < -0.3 is 5.73 Å². The molecule has 0 aliphatic carbocycles. The summed E-state index contributed by atoms with van der Waals surface area (Å²) >= 11 is 3.08. The van der Waals surface area contributed by atoms with Crippen molar-refractivity contribution in [2.45, 2.75) is 0 Å². The molecule has 0 atom stereocenters. The second-order valence-corrected chi connectivity index (χ2v) is 3.50. The van der Waals surface area contributed by atoms with Crippen LogP contribution in [0.25, 0.3) is 11.4 Å². The summed E-state index contributed by atoms with van der Waals surface area (Å²) in [6.07, 6.45) is 0. The van der Waals surface area contributed by atoms with Gasteiger partial charge in [-0.2, -0.15) is 4.98 Å². The molecule has 0 saturated carbocycles. The highest BCUT2D eigenvalue weighted by molar-refractivity contribution is 9.10. The molecule has 0 amide bonds. The van der Waals surface area contributed by atoms with Gasteiger partial charge in [0.05, 0.1) is 10.0 Å². The fraction of sp³-hybridized carbons (Fsp3) is 0. The van der Waals surface area contributed by atoms with E-state index in [-0.39, 0.29) is 11.8 Å². The molecule has 0 spiro atoms. The first kappa shape index (κ1) is 9.14. The van der Waals surface area contributed by atoms with E-state index < -0.39 is 0 Å². The topological polar surface area (TPSA) is 67.6 Å². The van der Waals surface area contributed by atoms with Crippen LogP contribution in [0.1, 0.15) is 0 Å². The quantitative estimate of drug-likeness (QED) is 0.820. The highest BCUT2D eigenvalue weighted by atomic mass is 79.9. The van der Waals surface area contributed by atoms with E-state index in [2.05, 4.69) is 31.1 Å². The number of rotatable bonds is 1. The van der Waals surface area contributed by atoms with Crippen molar-refractivity contribution in [3.8, 4) is 11.4 Å². The van der Waals surface area contributed by atoms with Crippen molar-refractivity contribution in [1.82, 2.24) is 15.2 Å². The van der Waals surface area contributed by atoms with Gasteiger partial charge in [-0.3, -0.25) is 5.10 Å². The summed E-state index contributed by atoms with van der Waals surface area (Å²) in [6.45, 7) is 0. The predicted octanol–water partition coefficient (Wildman–Crippen LogP) is 1.96. The summed E-state index contributed by atoms with van der Waals surface area (Å²) in [5.74, 6) is 0.0318. The summed E-state index contributed by atoms with van der Waals surface area (Å²) in [7, 11) is 0. The van der Waals surface area contributed by atoms with Crippen molar-refractivity contribution in [1.29, 1.82) is 0 Å². The number of aromatic amines is 1. The molecule has 0 fully saturated rings. The van der Waals surface area contributed by atoms with Crippen LogP contribution in [0.5, 0.6) is 0 Å². The van der Waals surface area contributed by atoms with E-state index in [4.69, 9.17) is 5.73 Å². The number of nitrogens with one attached hydrogen (secondary N) is 1. The summed E-state index contributed by atoms with van der Waals surface area (Å²) in [6, 6.07) is 4.92. The van der Waals surface area contributed by atoms with Gasteiger partial charge in [0.1, 0.15) is 5.82 Å².